The topological polar surface area (TPSA) is 0 Å². The number of piperazine rings is 3. The first-order chi connectivity index (χ1) is 19.3. The monoisotopic (exact) mass is 538 g/mol. The summed E-state index contributed by atoms with van der Waals surface area (Å²) >= 11 is 0. The maximum Gasteiger partial charge on any atom is 0.129 e. The molecule has 4 saturated carbocycles. The van der Waals surface area contributed by atoms with Crippen LogP contribution in [0.1, 0.15) is 87.5 Å². The van der Waals surface area contributed by atoms with Crippen molar-refractivity contribution in [3.8, 4) is 0 Å². The summed E-state index contributed by atoms with van der Waals surface area (Å²) in [6.07, 6.45) is 5.86. The molecular formula is C38H54N2+2. The van der Waals surface area contributed by atoms with E-state index < -0.39 is 0 Å². The Morgan fingerprint density at radius 1 is 0.475 bits per heavy atom. The van der Waals surface area contributed by atoms with E-state index in [9.17, 15) is 0 Å². The van der Waals surface area contributed by atoms with E-state index in [1.54, 1.807) is 22.3 Å². The molecule has 4 aliphatic carbocycles. The summed E-state index contributed by atoms with van der Waals surface area (Å²) in [5.74, 6) is 9.20. The van der Waals surface area contributed by atoms with Crippen LogP contribution in [0.15, 0.2) is 48.5 Å². The third-order valence-corrected chi connectivity index (χ3v) is 14.8. The van der Waals surface area contributed by atoms with Gasteiger partial charge in [-0.1, -0.05) is 76.2 Å². The Balaban J connectivity index is 0.878. The van der Waals surface area contributed by atoms with Crippen LogP contribution in [0.2, 0.25) is 0 Å². The van der Waals surface area contributed by atoms with Crippen molar-refractivity contribution in [1.29, 1.82) is 0 Å². The number of hydrogen-bond donors (Lipinski definition) is 0. The van der Waals surface area contributed by atoms with Crippen molar-refractivity contribution < 1.29 is 8.97 Å². The maximum absolute atomic E-state index is 2.52. The van der Waals surface area contributed by atoms with Gasteiger partial charge in [-0.2, -0.15) is 0 Å². The van der Waals surface area contributed by atoms with Gasteiger partial charge in [0.15, 0.2) is 0 Å². The van der Waals surface area contributed by atoms with Crippen LogP contribution >= 0.6 is 0 Å². The molecule has 10 unspecified atom stereocenters. The highest BCUT2D eigenvalue weighted by molar-refractivity contribution is 5.29. The van der Waals surface area contributed by atoms with E-state index in [1.807, 2.05) is 0 Å². The number of quaternary nitrogens is 2. The maximum atomic E-state index is 2.52. The van der Waals surface area contributed by atoms with Crippen molar-refractivity contribution in [2.45, 2.75) is 78.3 Å². The molecule has 2 aromatic rings. The minimum absolute atomic E-state index is 0.829. The van der Waals surface area contributed by atoms with E-state index in [4.69, 9.17) is 0 Å². The number of nitrogens with zero attached hydrogens (tertiary/aromatic N) is 2. The first-order valence-corrected chi connectivity index (χ1v) is 17.2. The van der Waals surface area contributed by atoms with Gasteiger partial charge in [-0.25, -0.2) is 0 Å². The largest absolute Gasteiger partial charge is 0.306 e. The fourth-order valence-electron chi connectivity index (χ4n) is 11.6. The lowest BCUT2D eigenvalue weighted by molar-refractivity contribution is -1.09. The van der Waals surface area contributed by atoms with E-state index in [-0.39, 0.29) is 0 Å². The highest BCUT2D eigenvalue weighted by Crippen LogP contribution is 2.59. The van der Waals surface area contributed by atoms with Crippen molar-refractivity contribution in [2.24, 2.45) is 47.3 Å². The van der Waals surface area contributed by atoms with Gasteiger partial charge in [0, 0.05) is 11.1 Å². The summed E-state index contributed by atoms with van der Waals surface area (Å²) in [6.45, 7) is 20.7. The van der Waals surface area contributed by atoms with Crippen molar-refractivity contribution in [1.82, 2.24) is 0 Å². The van der Waals surface area contributed by atoms with Crippen LogP contribution in [0.25, 0.3) is 0 Å². The number of benzene rings is 2. The molecule has 6 bridgehead atoms. The number of rotatable bonds is 6. The average molecular weight is 539 g/mol. The zero-order chi connectivity index (χ0) is 27.2. The Morgan fingerprint density at radius 3 is 1.12 bits per heavy atom. The molecule has 0 aromatic heterocycles. The standard InChI is InChI=1S/C38H54N2/c1-25-27(3)35-19-33(25)21-37(35)31-9-5-29(6-10-31)23-39-13-16-40(17-14-39,18-15-39)24-30-7-11-32(12-8-30)38-22-34-20-36(38)28(4)26(34)2/h5-12,25-28,33-38H,13-24H2,1-4H3/q+2. The van der Waals surface area contributed by atoms with Crippen LogP contribution in [0, 0.1) is 47.3 Å². The molecule has 0 amide bonds. The van der Waals surface area contributed by atoms with Crippen LogP contribution in [0.3, 0.4) is 0 Å². The van der Waals surface area contributed by atoms with Gasteiger partial charge in [-0.3, -0.25) is 0 Å². The molecule has 214 valence electrons. The van der Waals surface area contributed by atoms with Gasteiger partial charge >= 0.3 is 0 Å². The van der Waals surface area contributed by atoms with E-state index in [1.165, 1.54) is 87.0 Å². The minimum Gasteiger partial charge on any atom is -0.306 e. The molecule has 9 rings (SSSR count). The second-order valence-electron chi connectivity index (χ2n) is 16.3. The smallest absolute Gasteiger partial charge is 0.129 e. The molecule has 2 aromatic carbocycles. The quantitative estimate of drug-likeness (QED) is 0.329. The second kappa shape index (κ2) is 9.43. The SMILES string of the molecule is CC1C2CC(c3ccc(C[N+]45CC[N+](Cc6ccc(C7CC8CC7C(C)C8C)cc6)(CC4)CC5)cc3)C(C2)C1C. The number of hydrogen-bond acceptors (Lipinski definition) is 0. The van der Waals surface area contributed by atoms with Crippen LogP contribution < -0.4 is 0 Å². The predicted molar refractivity (Wildman–Crippen MR) is 165 cm³/mol. The summed E-state index contributed by atoms with van der Waals surface area (Å²) in [6, 6.07) is 20.1. The molecule has 40 heavy (non-hydrogen) atoms. The first-order valence-electron chi connectivity index (χ1n) is 17.2. The Bertz CT molecular complexity index is 1100. The van der Waals surface area contributed by atoms with Crippen LogP contribution in [-0.2, 0) is 13.1 Å². The van der Waals surface area contributed by atoms with Gasteiger partial charge in [-0.15, -0.1) is 0 Å². The molecule has 0 spiro atoms. The third-order valence-electron chi connectivity index (χ3n) is 14.8. The Kier molecular flexibility index (Phi) is 6.14. The fourth-order valence-corrected chi connectivity index (χ4v) is 11.6. The fraction of sp³-hybridized carbons (Fsp3) is 0.684. The van der Waals surface area contributed by atoms with Gasteiger partial charge in [0.2, 0.25) is 0 Å². The van der Waals surface area contributed by atoms with Crippen LogP contribution in [0.4, 0.5) is 0 Å². The van der Waals surface area contributed by atoms with Gasteiger partial charge in [0.25, 0.3) is 0 Å². The Hall–Kier alpha value is -1.64. The third kappa shape index (κ3) is 4.10. The lowest BCUT2D eigenvalue weighted by atomic mass is 9.73. The highest BCUT2D eigenvalue weighted by atomic mass is 15.5. The first kappa shape index (κ1) is 26.0. The van der Waals surface area contributed by atoms with E-state index in [0.29, 0.717) is 0 Å². The van der Waals surface area contributed by atoms with E-state index >= 15 is 0 Å². The summed E-state index contributed by atoms with van der Waals surface area (Å²) in [5, 5.41) is 0. The van der Waals surface area contributed by atoms with Crippen molar-refractivity contribution in [3.05, 3.63) is 70.8 Å². The van der Waals surface area contributed by atoms with Crippen molar-refractivity contribution >= 4 is 0 Å². The molecule has 3 saturated heterocycles. The Morgan fingerprint density at radius 2 is 0.825 bits per heavy atom. The molecule has 7 aliphatic rings. The van der Waals surface area contributed by atoms with E-state index in [0.717, 1.165) is 59.2 Å². The zero-order valence-corrected chi connectivity index (χ0v) is 25.8. The molecule has 0 N–H and O–H groups in total. The van der Waals surface area contributed by atoms with Crippen LogP contribution in [0.5, 0.6) is 0 Å². The number of fused-ring (bicyclic) bond motifs is 7. The van der Waals surface area contributed by atoms with E-state index in [2.05, 4.69) is 76.2 Å². The lowest BCUT2D eigenvalue weighted by Crippen LogP contribution is -2.74. The highest BCUT2D eigenvalue weighted by Gasteiger charge is 2.51. The van der Waals surface area contributed by atoms with Crippen molar-refractivity contribution in [3.63, 3.8) is 0 Å². The molecular weight excluding hydrogens is 484 g/mol. The normalized spacial score (nSPS) is 46.9. The van der Waals surface area contributed by atoms with Crippen LogP contribution in [-0.4, -0.2) is 48.2 Å². The predicted octanol–water partition coefficient (Wildman–Crippen LogP) is 7.84. The summed E-state index contributed by atoms with van der Waals surface area (Å²) in [4.78, 5) is 0. The molecule has 7 fully saturated rings. The summed E-state index contributed by atoms with van der Waals surface area (Å²) < 4.78 is 2.67. The molecule has 3 heterocycles. The average Bonchev–Trinajstić information content (AvgIpc) is 3.74. The zero-order valence-electron chi connectivity index (χ0n) is 25.8. The molecule has 2 nitrogen and oxygen atoms in total. The lowest BCUT2D eigenvalue weighted by Gasteiger charge is -2.55. The molecule has 2 heteroatoms. The molecule has 3 aliphatic heterocycles. The van der Waals surface area contributed by atoms with Gasteiger partial charge in [0.1, 0.15) is 52.4 Å². The Labute approximate surface area is 244 Å². The summed E-state index contributed by atoms with van der Waals surface area (Å²) in [5.41, 5.74) is 6.43. The van der Waals surface area contributed by atoms with Gasteiger partial charge < -0.3 is 8.97 Å². The van der Waals surface area contributed by atoms with Gasteiger partial charge in [-0.05, 0) is 96.0 Å². The molecule has 0 radical (unpaired) electrons. The second-order valence-corrected chi connectivity index (χ2v) is 16.3. The van der Waals surface area contributed by atoms with Gasteiger partial charge in [0.05, 0.1) is 0 Å². The van der Waals surface area contributed by atoms with Crippen molar-refractivity contribution in [2.75, 3.05) is 39.3 Å². The summed E-state index contributed by atoms with van der Waals surface area (Å²) in [7, 11) is 0. The minimum atomic E-state index is 0.829. The molecule has 10 atom stereocenters.